The van der Waals surface area contributed by atoms with Crippen LogP contribution in [0.1, 0.15) is 21.7 Å². The summed E-state index contributed by atoms with van der Waals surface area (Å²) in [5, 5.41) is 0.891. The first-order valence-electron chi connectivity index (χ1n) is 9.77. The summed E-state index contributed by atoms with van der Waals surface area (Å²) in [7, 11) is 1.73. The van der Waals surface area contributed by atoms with Gasteiger partial charge in [-0.15, -0.1) is 11.3 Å². The summed E-state index contributed by atoms with van der Waals surface area (Å²) < 4.78 is 87.8. The number of halogens is 6. The number of rotatable bonds is 5. The van der Waals surface area contributed by atoms with Gasteiger partial charge in [0.1, 0.15) is 0 Å². The molecule has 0 aliphatic carbocycles. The number of thiophene rings is 1. The second-order valence-electron chi connectivity index (χ2n) is 7.66. The van der Waals surface area contributed by atoms with Crippen LogP contribution >= 0.6 is 11.3 Å². The smallest absolute Gasteiger partial charge is 0.347 e. The van der Waals surface area contributed by atoms with E-state index in [4.69, 9.17) is 0 Å². The highest BCUT2D eigenvalue weighted by Crippen LogP contribution is 2.51. The van der Waals surface area contributed by atoms with Gasteiger partial charge in [0.15, 0.2) is 0 Å². The molecule has 0 aliphatic heterocycles. The number of nitrogens with zero attached hydrogens (tertiary/aromatic N) is 1. The third-order valence-corrected chi connectivity index (χ3v) is 6.90. The van der Waals surface area contributed by atoms with E-state index in [9.17, 15) is 17.6 Å². The Labute approximate surface area is 184 Å². The third kappa shape index (κ3) is 3.23. The fourth-order valence-electron chi connectivity index (χ4n) is 4.02. The van der Waals surface area contributed by atoms with Crippen molar-refractivity contribution in [2.45, 2.75) is 32.1 Å². The lowest BCUT2D eigenvalue weighted by Crippen LogP contribution is -2.47. The highest BCUT2D eigenvalue weighted by molar-refractivity contribution is 7.19. The molecule has 8 heteroatoms. The van der Waals surface area contributed by atoms with E-state index in [2.05, 4.69) is 0 Å². The molecule has 1 nitrogen and oxygen atoms in total. The third-order valence-electron chi connectivity index (χ3n) is 5.81. The zero-order valence-electron chi connectivity index (χ0n) is 17.4. The molecule has 168 valence electrons. The number of hydrogen-bond donors (Lipinski definition) is 0. The lowest BCUT2D eigenvalue weighted by atomic mass is 9.90. The van der Waals surface area contributed by atoms with E-state index in [1.54, 1.807) is 61.0 Å². The van der Waals surface area contributed by atoms with Gasteiger partial charge in [0, 0.05) is 55.3 Å². The average Bonchev–Trinajstić information content (AvgIpc) is 3.20. The Bertz CT molecular complexity index is 1350. The predicted molar refractivity (Wildman–Crippen MR) is 118 cm³/mol. The lowest BCUT2D eigenvalue weighted by molar-refractivity contribution is -0.236. The SMILES string of the molecule is Cc1sc2ccccc2c1C(=Cc1c(C)n(C)c2ccccc12)C(F)(F)C(F)(F)C(F)F. The molecule has 0 saturated carbocycles. The molecular weight excluding hydrogens is 448 g/mol. The average molecular weight is 467 g/mol. The van der Waals surface area contributed by atoms with Crippen molar-refractivity contribution < 1.29 is 26.3 Å². The van der Waals surface area contributed by atoms with Crippen LogP contribution in [0.5, 0.6) is 0 Å². The number of hydrogen-bond acceptors (Lipinski definition) is 1. The summed E-state index contributed by atoms with van der Waals surface area (Å²) in [4.78, 5) is 0.347. The molecule has 0 amide bonds. The van der Waals surface area contributed by atoms with Crippen LogP contribution in [0.15, 0.2) is 48.5 Å². The molecule has 2 aromatic carbocycles. The van der Waals surface area contributed by atoms with E-state index in [-0.39, 0.29) is 11.1 Å². The Kier molecular flexibility index (Phi) is 5.40. The molecule has 32 heavy (non-hydrogen) atoms. The van der Waals surface area contributed by atoms with E-state index in [1.165, 1.54) is 13.0 Å². The molecule has 0 fully saturated rings. The van der Waals surface area contributed by atoms with Crippen LogP contribution in [0.2, 0.25) is 0 Å². The van der Waals surface area contributed by atoms with Gasteiger partial charge in [0.25, 0.3) is 0 Å². The van der Waals surface area contributed by atoms with E-state index in [1.807, 2.05) is 0 Å². The molecule has 0 N–H and O–H groups in total. The molecule has 0 saturated heterocycles. The molecule has 2 heterocycles. The molecule has 4 aromatic rings. The zero-order valence-corrected chi connectivity index (χ0v) is 18.2. The van der Waals surface area contributed by atoms with E-state index in [0.29, 0.717) is 31.6 Å². The van der Waals surface area contributed by atoms with Gasteiger partial charge in [-0.05, 0) is 32.1 Å². The van der Waals surface area contributed by atoms with Gasteiger partial charge in [-0.25, -0.2) is 8.78 Å². The minimum Gasteiger partial charge on any atom is -0.347 e. The lowest BCUT2D eigenvalue weighted by Gasteiger charge is -2.28. The molecule has 0 spiro atoms. The summed E-state index contributed by atoms with van der Waals surface area (Å²) in [5.74, 6) is -10.7. The maximum atomic E-state index is 15.3. The molecule has 0 radical (unpaired) electrons. The van der Waals surface area contributed by atoms with Gasteiger partial charge < -0.3 is 4.57 Å². The van der Waals surface area contributed by atoms with Crippen molar-refractivity contribution in [1.82, 2.24) is 4.57 Å². The minimum atomic E-state index is -5.55. The van der Waals surface area contributed by atoms with E-state index in [0.717, 1.165) is 17.4 Å². The molecule has 4 rings (SSSR count). The fourth-order valence-corrected chi connectivity index (χ4v) is 5.09. The van der Waals surface area contributed by atoms with Crippen LogP contribution in [0.3, 0.4) is 0 Å². The van der Waals surface area contributed by atoms with Crippen LogP contribution in [0.4, 0.5) is 26.3 Å². The maximum Gasteiger partial charge on any atom is 0.373 e. The molecule has 0 bridgehead atoms. The van der Waals surface area contributed by atoms with Crippen molar-refractivity contribution in [2.75, 3.05) is 0 Å². The summed E-state index contributed by atoms with van der Waals surface area (Å²) in [5.41, 5.74) is 0.307. The minimum absolute atomic E-state index is 0.136. The number of para-hydroxylation sites is 1. The molecule has 0 unspecified atom stereocenters. The number of allylic oxidation sites excluding steroid dienone is 1. The van der Waals surface area contributed by atoms with Gasteiger partial charge >= 0.3 is 18.3 Å². The second kappa shape index (κ2) is 7.69. The molecule has 0 aliphatic rings. The van der Waals surface area contributed by atoms with Crippen LogP contribution < -0.4 is 0 Å². The maximum absolute atomic E-state index is 15.3. The first-order chi connectivity index (χ1) is 15.0. The first-order valence-corrected chi connectivity index (χ1v) is 10.6. The predicted octanol–water partition coefficient (Wildman–Crippen LogP) is 8.09. The number of aryl methyl sites for hydroxylation is 2. The van der Waals surface area contributed by atoms with E-state index < -0.39 is 23.8 Å². The summed E-state index contributed by atoms with van der Waals surface area (Å²) in [6, 6.07) is 13.5. The highest BCUT2D eigenvalue weighted by atomic mass is 32.1. The Morgan fingerprint density at radius 3 is 2.19 bits per heavy atom. The highest BCUT2D eigenvalue weighted by Gasteiger charge is 2.65. The summed E-state index contributed by atoms with van der Waals surface area (Å²) in [6.45, 7) is 3.20. The van der Waals surface area contributed by atoms with Crippen LogP contribution in [-0.4, -0.2) is 22.8 Å². The molecule has 0 atom stereocenters. The van der Waals surface area contributed by atoms with Gasteiger partial charge in [0.05, 0.1) is 0 Å². The number of benzene rings is 2. The van der Waals surface area contributed by atoms with Crippen molar-refractivity contribution in [3.63, 3.8) is 0 Å². The normalized spacial score (nSPS) is 13.6. The van der Waals surface area contributed by atoms with E-state index >= 15 is 8.78 Å². The van der Waals surface area contributed by atoms with Gasteiger partial charge in [-0.2, -0.15) is 17.6 Å². The van der Waals surface area contributed by atoms with Gasteiger partial charge in [0.2, 0.25) is 0 Å². The van der Waals surface area contributed by atoms with Crippen molar-refractivity contribution in [3.8, 4) is 0 Å². The zero-order chi connectivity index (χ0) is 23.4. The first kappa shape index (κ1) is 22.5. The Morgan fingerprint density at radius 2 is 1.53 bits per heavy atom. The molecular formula is C24H19F6NS. The monoisotopic (exact) mass is 467 g/mol. The van der Waals surface area contributed by atoms with Crippen molar-refractivity contribution >= 4 is 44.0 Å². The Morgan fingerprint density at radius 1 is 0.938 bits per heavy atom. The quantitative estimate of drug-likeness (QED) is 0.262. The number of fused-ring (bicyclic) bond motifs is 2. The topological polar surface area (TPSA) is 4.93 Å². The van der Waals surface area contributed by atoms with Gasteiger partial charge in [-0.3, -0.25) is 0 Å². The summed E-state index contributed by atoms with van der Waals surface area (Å²) in [6.07, 6.45) is -3.57. The van der Waals surface area contributed by atoms with Crippen LogP contribution in [0.25, 0.3) is 32.6 Å². The summed E-state index contributed by atoms with van der Waals surface area (Å²) >= 11 is 1.15. The Hall–Kier alpha value is -2.74. The van der Waals surface area contributed by atoms with Crippen LogP contribution in [0, 0.1) is 13.8 Å². The largest absolute Gasteiger partial charge is 0.373 e. The molecule has 2 aromatic heterocycles. The number of aromatic nitrogens is 1. The Balaban J connectivity index is 2.11. The number of alkyl halides is 6. The van der Waals surface area contributed by atoms with Crippen molar-refractivity contribution in [2.24, 2.45) is 7.05 Å². The van der Waals surface area contributed by atoms with Crippen molar-refractivity contribution in [3.05, 3.63) is 70.2 Å². The van der Waals surface area contributed by atoms with Gasteiger partial charge in [-0.1, -0.05) is 36.4 Å². The standard InChI is InChI=1S/C24H19F6NS/c1-13-17(15-8-4-6-10-19(15)31(13)3)12-18(23(27,28)24(29,30)22(25)26)21-14(2)32-20-11-7-5-9-16(20)21/h4-12,22H,1-3H3. The van der Waals surface area contributed by atoms with Crippen LogP contribution in [-0.2, 0) is 7.05 Å². The fraction of sp³-hybridized carbons (Fsp3) is 0.250. The van der Waals surface area contributed by atoms with Crippen molar-refractivity contribution in [1.29, 1.82) is 0 Å². The second-order valence-corrected chi connectivity index (χ2v) is 8.92.